The summed E-state index contributed by atoms with van der Waals surface area (Å²) in [6, 6.07) is 9.78. The molecule has 0 saturated carbocycles. The van der Waals surface area contributed by atoms with Gasteiger partial charge in [0.05, 0.1) is 12.2 Å². The van der Waals surface area contributed by atoms with Crippen LogP contribution in [0.3, 0.4) is 0 Å². The summed E-state index contributed by atoms with van der Waals surface area (Å²) >= 11 is 0. The lowest BCUT2D eigenvalue weighted by Crippen LogP contribution is -2.33. The maximum atomic E-state index is 12.5. The number of carbonyl (C=O) groups excluding carboxylic acids is 1. The maximum absolute atomic E-state index is 12.5. The molecule has 2 heterocycles. The highest BCUT2D eigenvalue weighted by Crippen LogP contribution is 2.27. The molecule has 2 aromatic rings. The minimum Gasteiger partial charge on any atom is -0.312 e. The van der Waals surface area contributed by atoms with E-state index in [1.54, 1.807) is 18.7 Å². The molecular weight excluding hydrogens is 304 g/mol. The van der Waals surface area contributed by atoms with Gasteiger partial charge in [-0.1, -0.05) is 18.2 Å². The van der Waals surface area contributed by atoms with Crippen molar-refractivity contribution < 1.29 is 4.79 Å². The SMILES string of the molecule is Cc1nn(CCC(=O)N2CCc3ccccc32)c(=O)c(C#N)c1C. The fourth-order valence-electron chi connectivity index (χ4n) is 2.99. The summed E-state index contributed by atoms with van der Waals surface area (Å²) in [5, 5.41) is 13.3. The zero-order valence-corrected chi connectivity index (χ0v) is 13.7. The number of nitrogens with zero attached hydrogens (tertiary/aromatic N) is 4. The molecule has 0 bridgehead atoms. The van der Waals surface area contributed by atoms with E-state index in [1.807, 2.05) is 30.3 Å². The molecule has 1 amide bonds. The van der Waals surface area contributed by atoms with Crippen LogP contribution in [-0.2, 0) is 17.8 Å². The van der Waals surface area contributed by atoms with Gasteiger partial charge in [-0.25, -0.2) is 4.68 Å². The first-order chi connectivity index (χ1) is 11.5. The number of amides is 1. The van der Waals surface area contributed by atoms with Gasteiger partial charge in [0.2, 0.25) is 5.91 Å². The van der Waals surface area contributed by atoms with E-state index < -0.39 is 5.56 Å². The summed E-state index contributed by atoms with van der Waals surface area (Å²) in [6.07, 6.45) is 1.02. The highest BCUT2D eigenvalue weighted by atomic mass is 16.2. The molecular formula is C18H18N4O2. The third-order valence-electron chi connectivity index (χ3n) is 4.47. The second-order valence-electron chi connectivity index (χ2n) is 5.90. The van der Waals surface area contributed by atoms with Crippen LogP contribution in [0.2, 0.25) is 0 Å². The Bertz CT molecular complexity index is 908. The molecule has 24 heavy (non-hydrogen) atoms. The number of hydrogen-bond acceptors (Lipinski definition) is 4. The lowest BCUT2D eigenvalue weighted by Gasteiger charge is -2.17. The van der Waals surface area contributed by atoms with Crippen molar-refractivity contribution in [1.82, 2.24) is 9.78 Å². The van der Waals surface area contributed by atoms with Crippen LogP contribution in [-0.4, -0.2) is 22.2 Å². The topological polar surface area (TPSA) is 79.0 Å². The lowest BCUT2D eigenvalue weighted by molar-refractivity contribution is -0.118. The largest absolute Gasteiger partial charge is 0.312 e. The Morgan fingerprint density at radius 1 is 1.33 bits per heavy atom. The van der Waals surface area contributed by atoms with Crippen LogP contribution in [0.4, 0.5) is 5.69 Å². The van der Waals surface area contributed by atoms with Crippen molar-refractivity contribution in [3.63, 3.8) is 0 Å². The predicted octanol–water partition coefficient (Wildman–Crippen LogP) is 1.71. The fourth-order valence-corrected chi connectivity index (χ4v) is 2.99. The van der Waals surface area contributed by atoms with Crippen molar-refractivity contribution in [3.05, 3.63) is 57.0 Å². The van der Waals surface area contributed by atoms with Crippen LogP contribution in [0.5, 0.6) is 0 Å². The van der Waals surface area contributed by atoms with E-state index >= 15 is 0 Å². The highest BCUT2D eigenvalue weighted by Gasteiger charge is 2.24. The van der Waals surface area contributed by atoms with Crippen molar-refractivity contribution >= 4 is 11.6 Å². The number of carbonyl (C=O) groups is 1. The molecule has 0 radical (unpaired) electrons. The molecule has 0 saturated heterocycles. The number of aryl methyl sites for hydroxylation is 2. The molecule has 0 fully saturated rings. The summed E-state index contributed by atoms with van der Waals surface area (Å²) < 4.78 is 1.22. The first-order valence-corrected chi connectivity index (χ1v) is 7.89. The van der Waals surface area contributed by atoms with Gasteiger partial charge < -0.3 is 4.90 Å². The van der Waals surface area contributed by atoms with Crippen LogP contribution >= 0.6 is 0 Å². The fraction of sp³-hybridized carbons (Fsp3) is 0.333. The van der Waals surface area contributed by atoms with Gasteiger partial charge in [-0.2, -0.15) is 10.4 Å². The maximum Gasteiger partial charge on any atom is 0.284 e. The average Bonchev–Trinajstić information content (AvgIpc) is 3.01. The Labute approximate surface area is 139 Å². The third-order valence-corrected chi connectivity index (χ3v) is 4.47. The lowest BCUT2D eigenvalue weighted by atomic mass is 10.1. The smallest absolute Gasteiger partial charge is 0.284 e. The quantitative estimate of drug-likeness (QED) is 0.862. The Kier molecular flexibility index (Phi) is 4.17. The molecule has 6 heteroatoms. The molecule has 0 spiro atoms. The normalized spacial score (nSPS) is 12.8. The van der Waals surface area contributed by atoms with Crippen molar-refractivity contribution in [1.29, 1.82) is 5.26 Å². The second-order valence-corrected chi connectivity index (χ2v) is 5.90. The Morgan fingerprint density at radius 3 is 2.83 bits per heavy atom. The van der Waals surface area contributed by atoms with Crippen LogP contribution < -0.4 is 10.5 Å². The summed E-state index contributed by atoms with van der Waals surface area (Å²) in [5.74, 6) is -0.0367. The van der Waals surface area contributed by atoms with Crippen molar-refractivity contribution in [2.45, 2.75) is 33.2 Å². The second kappa shape index (κ2) is 6.28. The van der Waals surface area contributed by atoms with E-state index in [0.29, 0.717) is 17.8 Å². The van der Waals surface area contributed by atoms with E-state index in [4.69, 9.17) is 5.26 Å². The van der Waals surface area contributed by atoms with Gasteiger partial charge >= 0.3 is 0 Å². The van der Waals surface area contributed by atoms with E-state index in [9.17, 15) is 9.59 Å². The highest BCUT2D eigenvalue weighted by molar-refractivity contribution is 5.95. The Morgan fingerprint density at radius 2 is 2.08 bits per heavy atom. The molecule has 6 nitrogen and oxygen atoms in total. The van der Waals surface area contributed by atoms with Crippen LogP contribution in [0.25, 0.3) is 0 Å². The first-order valence-electron chi connectivity index (χ1n) is 7.89. The minimum absolute atomic E-state index is 0.0367. The van der Waals surface area contributed by atoms with Gasteiger partial charge in [-0.05, 0) is 37.5 Å². The molecule has 0 atom stereocenters. The zero-order chi connectivity index (χ0) is 17.3. The number of hydrogen-bond donors (Lipinski definition) is 0. The molecule has 1 aromatic carbocycles. The number of aromatic nitrogens is 2. The number of para-hydroxylation sites is 1. The first kappa shape index (κ1) is 15.9. The van der Waals surface area contributed by atoms with Gasteiger partial charge in [-0.15, -0.1) is 0 Å². The van der Waals surface area contributed by atoms with Gasteiger partial charge in [0, 0.05) is 18.7 Å². The van der Waals surface area contributed by atoms with Gasteiger partial charge in [0.15, 0.2) is 0 Å². The molecule has 1 aliphatic rings. The Balaban J connectivity index is 1.78. The molecule has 1 aromatic heterocycles. The van der Waals surface area contributed by atoms with Gasteiger partial charge in [-0.3, -0.25) is 9.59 Å². The number of rotatable bonds is 3. The van der Waals surface area contributed by atoms with Crippen molar-refractivity contribution in [2.75, 3.05) is 11.4 Å². The minimum atomic E-state index is -0.435. The van der Waals surface area contributed by atoms with E-state index in [1.165, 1.54) is 10.2 Å². The summed E-state index contributed by atoms with van der Waals surface area (Å²) in [7, 11) is 0. The van der Waals surface area contributed by atoms with E-state index in [0.717, 1.165) is 12.1 Å². The third kappa shape index (κ3) is 2.69. The van der Waals surface area contributed by atoms with Crippen molar-refractivity contribution in [2.24, 2.45) is 0 Å². The summed E-state index contributed by atoms with van der Waals surface area (Å²) in [5.41, 5.74) is 3.00. The zero-order valence-electron chi connectivity index (χ0n) is 13.7. The summed E-state index contributed by atoms with van der Waals surface area (Å²) in [6.45, 7) is 4.30. The summed E-state index contributed by atoms with van der Waals surface area (Å²) in [4.78, 5) is 26.5. The molecule has 0 unspecified atom stereocenters. The average molecular weight is 322 g/mol. The predicted molar refractivity (Wildman–Crippen MR) is 89.8 cm³/mol. The van der Waals surface area contributed by atoms with Crippen LogP contribution in [0, 0.1) is 25.2 Å². The molecule has 1 aliphatic heterocycles. The van der Waals surface area contributed by atoms with E-state index in [2.05, 4.69) is 5.10 Å². The van der Waals surface area contributed by atoms with Gasteiger partial charge in [0.25, 0.3) is 5.56 Å². The molecule has 3 rings (SSSR count). The molecule has 0 N–H and O–H groups in total. The number of fused-ring (bicyclic) bond motifs is 1. The van der Waals surface area contributed by atoms with Crippen LogP contribution in [0.1, 0.15) is 28.8 Å². The number of benzene rings is 1. The monoisotopic (exact) mass is 322 g/mol. The molecule has 122 valence electrons. The number of nitriles is 1. The standard InChI is InChI=1S/C18H18N4O2/c1-12-13(2)20-22(18(24)15(12)11-19)10-8-17(23)21-9-7-14-5-3-4-6-16(14)21/h3-6H,7-10H2,1-2H3. The van der Waals surface area contributed by atoms with Gasteiger partial charge in [0.1, 0.15) is 11.6 Å². The number of anilines is 1. The molecule has 0 aliphatic carbocycles. The van der Waals surface area contributed by atoms with E-state index in [-0.39, 0.29) is 24.4 Å². The Hall–Kier alpha value is -2.94. The van der Waals surface area contributed by atoms with Crippen molar-refractivity contribution in [3.8, 4) is 6.07 Å². The van der Waals surface area contributed by atoms with Crippen LogP contribution in [0.15, 0.2) is 29.1 Å².